The van der Waals surface area contributed by atoms with E-state index in [1.165, 1.54) is 17.5 Å². The van der Waals surface area contributed by atoms with Crippen LogP contribution in [0.25, 0.3) is 0 Å². The van der Waals surface area contributed by atoms with E-state index in [4.69, 9.17) is 0 Å². The van der Waals surface area contributed by atoms with Crippen LogP contribution in [0.4, 0.5) is 0 Å². The minimum atomic E-state index is -0.0600. The highest BCUT2D eigenvalue weighted by molar-refractivity contribution is 5.84. The van der Waals surface area contributed by atoms with Crippen LogP contribution in [-0.4, -0.2) is 22.9 Å². The molecule has 3 heteroatoms. The lowest BCUT2D eigenvalue weighted by Crippen LogP contribution is -2.44. The van der Waals surface area contributed by atoms with Crippen LogP contribution in [0.2, 0.25) is 0 Å². The van der Waals surface area contributed by atoms with Crippen LogP contribution in [0.3, 0.4) is 0 Å². The first kappa shape index (κ1) is 11.7. The Hall–Kier alpha value is -1.35. The highest BCUT2D eigenvalue weighted by Crippen LogP contribution is 2.36. The van der Waals surface area contributed by atoms with Gasteiger partial charge < -0.3 is 4.90 Å². The highest BCUT2D eigenvalue weighted by atomic mass is 16.2. The quantitative estimate of drug-likeness (QED) is 0.866. The van der Waals surface area contributed by atoms with Gasteiger partial charge in [0.1, 0.15) is 6.17 Å². The number of amides is 1. The summed E-state index contributed by atoms with van der Waals surface area (Å²) in [5, 5.41) is 3.44. The van der Waals surface area contributed by atoms with Crippen molar-refractivity contribution in [2.45, 2.75) is 51.4 Å². The predicted octanol–water partition coefficient (Wildman–Crippen LogP) is 2.37. The van der Waals surface area contributed by atoms with Gasteiger partial charge in [-0.05, 0) is 44.2 Å². The van der Waals surface area contributed by atoms with Crippen molar-refractivity contribution >= 4 is 5.91 Å². The van der Waals surface area contributed by atoms with Crippen molar-refractivity contribution in [3.63, 3.8) is 0 Å². The fraction of sp³-hybridized carbons (Fsp3) is 0.533. The van der Waals surface area contributed by atoms with Crippen LogP contribution in [0.15, 0.2) is 24.3 Å². The molecule has 0 aromatic heterocycles. The maximum atomic E-state index is 12.3. The summed E-state index contributed by atoms with van der Waals surface area (Å²) < 4.78 is 0. The molecule has 1 aromatic carbocycles. The molecule has 1 heterocycles. The number of carbonyl (C=O) groups excluding carboxylic acids is 1. The summed E-state index contributed by atoms with van der Waals surface area (Å²) in [7, 11) is 0. The summed E-state index contributed by atoms with van der Waals surface area (Å²) in [5.74, 6) is 0.257. The molecule has 2 atom stereocenters. The summed E-state index contributed by atoms with van der Waals surface area (Å²) in [6, 6.07) is 8.73. The normalized spacial score (nSPS) is 28.6. The SMILES string of the molecule is Cc1ccccc1C1NC(C)C(=O)N1C1CCC1. The van der Waals surface area contributed by atoms with Gasteiger partial charge in [0, 0.05) is 6.04 Å². The van der Waals surface area contributed by atoms with E-state index in [0.717, 1.165) is 12.8 Å². The van der Waals surface area contributed by atoms with Gasteiger partial charge in [-0.1, -0.05) is 24.3 Å². The molecule has 1 N–H and O–H groups in total. The Morgan fingerprint density at radius 3 is 2.61 bits per heavy atom. The molecule has 1 saturated heterocycles. The van der Waals surface area contributed by atoms with E-state index in [0.29, 0.717) is 6.04 Å². The lowest BCUT2D eigenvalue weighted by molar-refractivity contribution is -0.133. The number of nitrogens with one attached hydrogen (secondary N) is 1. The molecular formula is C15H20N2O. The molecule has 2 fully saturated rings. The summed E-state index contributed by atoms with van der Waals surface area (Å²) in [6.45, 7) is 4.08. The smallest absolute Gasteiger partial charge is 0.241 e. The minimum absolute atomic E-state index is 0.0600. The zero-order valence-electron chi connectivity index (χ0n) is 11.0. The number of hydrogen-bond donors (Lipinski definition) is 1. The largest absolute Gasteiger partial charge is 0.319 e. The van der Waals surface area contributed by atoms with Gasteiger partial charge in [-0.2, -0.15) is 0 Å². The fourth-order valence-corrected chi connectivity index (χ4v) is 2.93. The van der Waals surface area contributed by atoms with Gasteiger partial charge >= 0.3 is 0 Å². The fourth-order valence-electron chi connectivity index (χ4n) is 2.93. The lowest BCUT2D eigenvalue weighted by atomic mass is 9.90. The third-order valence-corrected chi connectivity index (χ3v) is 4.26. The van der Waals surface area contributed by atoms with E-state index in [9.17, 15) is 4.79 Å². The van der Waals surface area contributed by atoms with Crippen molar-refractivity contribution in [2.75, 3.05) is 0 Å². The zero-order valence-corrected chi connectivity index (χ0v) is 11.0. The molecule has 2 unspecified atom stereocenters. The molecule has 96 valence electrons. The Balaban J connectivity index is 1.94. The second-order valence-corrected chi connectivity index (χ2v) is 5.48. The van der Waals surface area contributed by atoms with Gasteiger partial charge in [0.25, 0.3) is 0 Å². The Labute approximate surface area is 108 Å². The molecule has 1 aliphatic carbocycles. The van der Waals surface area contributed by atoms with Crippen LogP contribution in [-0.2, 0) is 4.79 Å². The molecular weight excluding hydrogens is 224 g/mol. The van der Waals surface area contributed by atoms with Crippen molar-refractivity contribution in [1.29, 1.82) is 0 Å². The predicted molar refractivity (Wildman–Crippen MR) is 71.0 cm³/mol. The van der Waals surface area contributed by atoms with Crippen LogP contribution in [0.1, 0.15) is 43.5 Å². The molecule has 2 aliphatic rings. The van der Waals surface area contributed by atoms with Gasteiger partial charge in [-0.15, -0.1) is 0 Å². The molecule has 1 saturated carbocycles. The molecule has 0 bridgehead atoms. The van der Waals surface area contributed by atoms with Crippen molar-refractivity contribution < 1.29 is 4.79 Å². The third-order valence-electron chi connectivity index (χ3n) is 4.26. The van der Waals surface area contributed by atoms with E-state index < -0.39 is 0 Å². The first-order chi connectivity index (χ1) is 8.68. The number of hydrogen-bond acceptors (Lipinski definition) is 2. The molecule has 3 nitrogen and oxygen atoms in total. The summed E-state index contributed by atoms with van der Waals surface area (Å²) in [4.78, 5) is 14.4. The first-order valence-electron chi connectivity index (χ1n) is 6.82. The summed E-state index contributed by atoms with van der Waals surface area (Å²) in [5.41, 5.74) is 2.49. The Bertz CT molecular complexity index is 467. The average Bonchev–Trinajstić information content (AvgIpc) is 2.56. The first-order valence-corrected chi connectivity index (χ1v) is 6.82. The zero-order chi connectivity index (χ0) is 12.7. The Morgan fingerprint density at radius 1 is 1.28 bits per heavy atom. The maximum absolute atomic E-state index is 12.3. The van der Waals surface area contributed by atoms with E-state index >= 15 is 0 Å². The topological polar surface area (TPSA) is 32.3 Å². The van der Waals surface area contributed by atoms with Crippen molar-refractivity contribution in [1.82, 2.24) is 10.2 Å². The standard InChI is InChI=1S/C15H20N2O/c1-10-6-3-4-9-13(10)14-16-11(2)15(18)17(14)12-7-5-8-12/h3-4,6,9,11-12,14,16H,5,7-8H2,1-2H3. The lowest BCUT2D eigenvalue weighted by Gasteiger charge is -2.38. The van der Waals surface area contributed by atoms with Crippen molar-refractivity contribution in [3.8, 4) is 0 Å². The molecule has 1 amide bonds. The summed E-state index contributed by atoms with van der Waals surface area (Å²) >= 11 is 0. The Morgan fingerprint density at radius 2 is 2.00 bits per heavy atom. The Kier molecular flexibility index (Phi) is 2.86. The van der Waals surface area contributed by atoms with Gasteiger partial charge in [0.15, 0.2) is 0 Å². The van der Waals surface area contributed by atoms with E-state index in [2.05, 4.69) is 35.3 Å². The minimum Gasteiger partial charge on any atom is -0.319 e. The van der Waals surface area contributed by atoms with Crippen molar-refractivity contribution in [2.24, 2.45) is 0 Å². The summed E-state index contributed by atoms with van der Waals surface area (Å²) in [6.07, 6.45) is 3.63. The molecule has 1 aliphatic heterocycles. The number of nitrogens with zero attached hydrogens (tertiary/aromatic N) is 1. The van der Waals surface area contributed by atoms with Gasteiger partial charge in [0.05, 0.1) is 6.04 Å². The van der Waals surface area contributed by atoms with Crippen LogP contribution >= 0.6 is 0 Å². The second kappa shape index (κ2) is 4.39. The number of carbonyl (C=O) groups is 1. The van der Waals surface area contributed by atoms with Gasteiger partial charge in [-0.25, -0.2) is 0 Å². The van der Waals surface area contributed by atoms with Crippen LogP contribution < -0.4 is 5.32 Å². The van der Waals surface area contributed by atoms with Crippen molar-refractivity contribution in [3.05, 3.63) is 35.4 Å². The molecule has 0 radical (unpaired) electrons. The maximum Gasteiger partial charge on any atom is 0.241 e. The third kappa shape index (κ3) is 1.74. The molecule has 18 heavy (non-hydrogen) atoms. The van der Waals surface area contributed by atoms with Gasteiger partial charge in [-0.3, -0.25) is 10.1 Å². The monoisotopic (exact) mass is 244 g/mol. The molecule has 0 spiro atoms. The molecule has 1 aromatic rings. The van der Waals surface area contributed by atoms with E-state index in [1.807, 2.05) is 13.0 Å². The second-order valence-electron chi connectivity index (χ2n) is 5.48. The molecule has 3 rings (SSSR count). The number of benzene rings is 1. The van der Waals surface area contributed by atoms with E-state index in [-0.39, 0.29) is 18.1 Å². The van der Waals surface area contributed by atoms with Crippen LogP contribution in [0.5, 0.6) is 0 Å². The average molecular weight is 244 g/mol. The van der Waals surface area contributed by atoms with Gasteiger partial charge in [0.2, 0.25) is 5.91 Å². The number of aryl methyl sites for hydroxylation is 1. The van der Waals surface area contributed by atoms with Crippen LogP contribution in [0, 0.1) is 6.92 Å². The van der Waals surface area contributed by atoms with E-state index in [1.54, 1.807) is 0 Å². The highest BCUT2D eigenvalue weighted by Gasteiger charge is 2.43. The number of rotatable bonds is 2.